The topological polar surface area (TPSA) is 30.5 Å². The van der Waals surface area contributed by atoms with Crippen LogP contribution < -0.4 is 14.8 Å². The lowest BCUT2D eigenvalue weighted by Gasteiger charge is -2.22. The third-order valence-electron chi connectivity index (χ3n) is 3.65. The van der Waals surface area contributed by atoms with Crippen LogP contribution in [0.4, 0.5) is 0 Å². The predicted octanol–water partition coefficient (Wildman–Crippen LogP) is 3.66. The van der Waals surface area contributed by atoms with E-state index >= 15 is 0 Å². The number of ether oxygens (including phenoxy) is 2. The van der Waals surface area contributed by atoms with Crippen molar-refractivity contribution in [1.82, 2.24) is 5.32 Å². The quantitative estimate of drug-likeness (QED) is 0.748. The van der Waals surface area contributed by atoms with Gasteiger partial charge < -0.3 is 14.8 Å². The van der Waals surface area contributed by atoms with Gasteiger partial charge in [-0.2, -0.15) is 0 Å². The fourth-order valence-electron chi connectivity index (χ4n) is 2.36. The summed E-state index contributed by atoms with van der Waals surface area (Å²) >= 11 is 0. The Morgan fingerprint density at radius 3 is 2.35 bits per heavy atom. The number of rotatable bonds is 9. The summed E-state index contributed by atoms with van der Waals surface area (Å²) in [7, 11) is 3.35. The van der Waals surface area contributed by atoms with Gasteiger partial charge in [0.25, 0.3) is 0 Å². The molecule has 114 valence electrons. The van der Waals surface area contributed by atoms with Crippen LogP contribution in [0.25, 0.3) is 0 Å². The normalized spacial score (nSPS) is 12.5. The summed E-state index contributed by atoms with van der Waals surface area (Å²) in [6.07, 6.45) is 3.38. The van der Waals surface area contributed by atoms with E-state index in [1.54, 1.807) is 14.2 Å². The minimum atomic E-state index is 0.572. The predicted molar refractivity (Wildman–Crippen MR) is 84.8 cm³/mol. The van der Waals surface area contributed by atoms with Crippen LogP contribution in [0.3, 0.4) is 0 Å². The molecule has 1 N–H and O–H groups in total. The fourth-order valence-corrected chi connectivity index (χ4v) is 2.36. The van der Waals surface area contributed by atoms with Gasteiger partial charge in [-0.05, 0) is 49.4 Å². The van der Waals surface area contributed by atoms with Gasteiger partial charge in [-0.15, -0.1) is 0 Å². The smallest absolute Gasteiger partial charge is 0.160 e. The number of methoxy groups -OCH3 is 2. The number of aryl methyl sites for hydroxylation is 1. The molecule has 3 nitrogen and oxygen atoms in total. The van der Waals surface area contributed by atoms with E-state index in [0.717, 1.165) is 30.9 Å². The highest BCUT2D eigenvalue weighted by Gasteiger charge is 2.13. The molecule has 0 aliphatic carbocycles. The Hall–Kier alpha value is -1.22. The molecule has 0 aliphatic heterocycles. The van der Waals surface area contributed by atoms with Crippen LogP contribution in [0.5, 0.6) is 11.5 Å². The van der Waals surface area contributed by atoms with Crippen molar-refractivity contribution in [2.75, 3.05) is 20.8 Å². The van der Waals surface area contributed by atoms with Crippen LogP contribution in [0.1, 0.15) is 39.2 Å². The Morgan fingerprint density at radius 2 is 1.80 bits per heavy atom. The van der Waals surface area contributed by atoms with Gasteiger partial charge in [0.05, 0.1) is 14.2 Å². The van der Waals surface area contributed by atoms with Gasteiger partial charge in [-0.1, -0.05) is 26.8 Å². The molecule has 0 aromatic heterocycles. The molecule has 0 amide bonds. The molecule has 1 rings (SSSR count). The first kappa shape index (κ1) is 16.8. The minimum absolute atomic E-state index is 0.572. The lowest BCUT2D eigenvalue weighted by molar-refractivity contribution is 0.353. The molecular formula is C17H29NO2. The molecule has 1 aromatic carbocycles. The Labute approximate surface area is 123 Å². The maximum Gasteiger partial charge on any atom is 0.160 e. The monoisotopic (exact) mass is 279 g/mol. The second-order valence-electron chi connectivity index (χ2n) is 5.53. The van der Waals surface area contributed by atoms with Crippen molar-refractivity contribution in [1.29, 1.82) is 0 Å². The molecule has 0 fully saturated rings. The summed E-state index contributed by atoms with van der Waals surface area (Å²) in [4.78, 5) is 0. The van der Waals surface area contributed by atoms with Crippen molar-refractivity contribution in [3.63, 3.8) is 0 Å². The fraction of sp³-hybridized carbons (Fsp3) is 0.647. The first-order valence-electron chi connectivity index (χ1n) is 7.56. The van der Waals surface area contributed by atoms with Crippen LogP contribution in [0.2, 0.25) is 0 Å². The van der Waals surface area contributed by atoms with E-state index < -0.39 is 0 Å². The zero-order valence-corrected chi connectivity index (χ0v) is 13.5. The Balaban J connectivity index is 2.63. The van der Waals surface area contributed by atoms with E-state index in [4.69, 9.17) is 9.47 Å². The highest BCUT2D eigenvalue weighted by molar-refractivity contribution is 5.42. The molecule has 0 saturated carbocycles. The summed E-state index contributed by atoms with van der Waals surface area (Å²) in [6, 6.07) is 6.76. The van der Waals surface area contributed by atoms with Gasteiger partial charge >= 0.3 is 0 Å². The van der Waals surface area contributed by atoms with Crippen LogP contribution in [0, 0.1) is 5.92 Å². The highest BCUT2D eigenvalue weighted by atomic mass is 16.5. The standard InChI is InChI=1S/C17H29NO2/c1-6-11-18-15(13(2)3)9-7-14-8-10-16(19-4)17(12-14)20-5/h8,10,12-13,15,18H,6-7,9,11H2,1-5H3. The maximum absolute atomic E-state index is 5.36. The zero-order chi connectivity index (χ0) is 15.0. The number of benzene rings is 1. The Bertz CT molecular complexity index is 391. The van der Waals surface area contributed by atoms with E-state index in [1.165, 1.54) is 12.0 Å². The third kappa shape index (κ3) is 5.04. The summed E-state index contributed by atoms with van der Waals surface area (Å²) in [5, 5.41) is 3.63. The molecule has 1 atom stereocenters. The van der Waals surface area contributed by atoms with E-state index in [0.29, 0.717) is 12.0 Å². The molecule has 0 spiro atoms. The van der Waals surface area contributed by atoms with Crippen LogP contribution in [0.15, 0.2) is 18.2 Å². The van der Waals surface area contributed by atoms with Gasteiger partial charge in [0, 0.05) is 6.04 Å². The second kappa shape index (κ2) is 8.85. The van der Waals surface area contributed by atoms with Gasteiger partial charge in [0.15, 0.2) is 11.5 Å². The van der Waals surface area contributed by atoms with E-state index in [-0.39, 0.29) is 0 Å². The first-order chi connectivity index (χ1) is 9.62. The van der Waals surface area contributed by atoms with Crippen molar-refractivity contribution in [2.45, 2.75) is 46.1 Å². The van der Waals surface area contributed by atoms with Crippen molar-refractivity contribution in [3.05, 3.63) is 23.8 Å². The molecule has 20 heavy (non-hydrogen) atoms. The van der Waals surface area contributed by atoms with Gasteiger partial charge in [-0.25, -0.2) is 0 Å². The van der Waals surface area contributed by atoms with Crippen LogP contribution >= 0.6 is 0 Å². The largest absolute Gasteiger partial charge is 0.493 e. The maximum atomic E-state index is 5.36. The van der Waals surface area contributed by atoms with E-state index in [9.17, 15) is 0 Å². The minimum Gasteiger partial charge on any atom is -0.493 e. The van der Waals surface area contributed by atoms with Gasteiger partial charge in [-0.3, -0.25) is 0 Å². The molecule has 0 saturated heterocycles. The van der Waals surface area contributed by atoms with Gasteiger partial charge in [0.2, 0.25) is 0 Å². The molecule has 0 bridgehead atoms. The summed E-state index contributed by atoms with van der Waals surface area (Å²) in [6.45, 7) is 7.86. The van der Waals surface area contributed by atoms with Crippen molar-refractivity contribution >= 4 is 0 Å². The number of hydrogen-bond acceptors (Lipinski definition) is 3. The summed E-state index contributed by atoms with van der Waals surface area (Å²) < 4.78 is 10.6. The lowest BCUT2D eigenvalue weighted by Crippen LogP contribution is -2.34. The second-order valence-corrected chi connectivity index (χ2v) is 5.53. The highest BCUT2D eigenvalue weighted by Crippen LogP contribution is 2.28. The average molecular weight is 279 g/mol. The summed E-state index contributed by atoms with van der Waals surface area (Å²) in [5.41, 5.74) is 1.30. The SMILES string of the molecule is CCCNC(CCc1ccc(OC)c(OC)c1)C(C)C. The van der Waals surface area contributed by atoms with Crippen molar-refractivity contribution in [3.8, 4) is 11.5 Å². The Kier molecular flexibility index (Phi) is 7.45. The molecule has 3 heteroatoms. The average Bonchev–Trinajstić information content (AvgIpc) is 2.46. The lowest BCUT2D eigenvalue weighted by atomic mass is 9.96. The number of nitrogens with one attached hydrogen (secondary N) is 1. The molecule has 0 heterocycles. The molecule has 0 aliphatic rings. The Morgan fingerprint density at radius 1 is 1.10 bits per heavy atom. The molecule has 1 aromatic rings. The summed E-state index contributed by atoms with van der Waals surface area (Å²) in [5.74, 6) is 2.26. The van der Waals surface area contributed by atoms with Crippen LogP contribution in [-0.4, -0.2) is 26.8 Å². The van der Waals surface area contributed by atoms with Crippen molar-refractivity contribution in [2.24, 2.45) is 5.92 Å². The zero-order valence-electron chi connectivity index (χ0n) is 13.5. The third-order valence-corrected chi connectivity index (χ3v) is 3.65. The first-order valence-corrected chi connectivity index (χ1v) is 7.56. The molecular weight excluding hydrogens is 250 g/mol. The number of hydrogen-bond donors (Lipinski definition) is 1. The van der Waals surface area contributed by atoms with E-state index in [2.05, 4.69) is 38.2 Å². The van der Waals surface area contributed by atoms with Crippen molar-refractivity contribution < 1.29 is 9.47 Å². The van der Waals surface area contributed by atoms with Gasteiger partial charge in [0.1, 0.15) is 0 Å². The van der Waals surface area contributed by atoms with E-state index in [1.807, 2.05) is 6.07 Å². The molecule has 0 radical (unpaired) electrons. The molecule has 1 unspecified atom stereocenters. The van der Waals surface area contributed by atoms with Crippen LogP contribution in [-0.2, 0) is 6.42 Å².